The Morgan fingerprint density at radius 2 is 1.75 bits per heavy atom. The van der Waals surface area contributed by atoms with E-state index >= 15 is 0 Å². The highest BCUT2D eigenvalue weighted by Crippen LogP contribution is 2.38. The molecule has 0 bridgehead atoms. The molecule has 59 heavy (non-hydrogen) atoms. The van der Waals surface area contributed by atoms with Crippen LogP contribution >= 0.6 is 0 Å². The van der Waals surface area contributed by atoms with Gasteiger partial charge in [-0.2, -0.15) is 35.7 Å². The molecule has 1 unspecified atom stereocenters. The van der Waals surface area contributed by atoms with Crippen LogP contribution in [0.1, 0.15) is 42.1 Å². The summed E-state index contributed by atoms with van der Waals surface area (Å²) >= 11 is 0. The lowest BCUT2D eigenvalue weighted by atomic mass is 10.1. The van der Waals surface area contributed by atoms with Gasteiger partial charge in [0.25, 0.3) is 0 Å². The normalized spacial score (nSPS) is 18.3. The number of rotatable bonds is 13. The molecule has 3 aliphatic rings. The van der Waals surface area contributed by atoms with Gasteiger partial charge in [-0.25, -0.2) is 28.6 Å². The smallest absolute Gasteiger partial charge is 0.384 e. The summed E-state index contributed by atoms with van der Waals surface area (Å²) in [7, 11) is -2.04. The summed E-state index contributed by atoms with van der Waals surface area (Å²) in [6.45, 7) is 0.543. The number of halogens is 6. The maximum Gasteiger partial charge on any atom is 0.419 e. The largest absolute Gasteiger partial charge is 0.419 e. The maximum absolute atomic E-state index is 13.8. The topological polar surface area (TPSA) is 182 Å². The number of nitrogens with zero attached hydrogens (tertiary/aromatic N) is 7. The first-order chi connectivity index (χ1) is 27.9. The van der Waals surface area contributed by atoms with Crippen LogP contribution in [0.2, 0.25) is 0 Å². The molecule has 7 rings (SSSR count). The average Bonchev–Trinajstić information content (AvgIpc) is 3.77. The molecule has 2 aromatic carbocycles. The highest BCUT2D eigenvalue weighted by atomic mass is 32.2. The van der Waals surface area contributed by atoms with E-state index in [0.29, 0.717) is 37.1 Å². The van der Waals surface area contributed by atoms with Crippen LogP contribution in [0.5, 0.6) is 0 Å². The number of amides is 3. The van der Waals surface area contributed by atoms with Crippen LogP contribution in [-0.4, -0.2) is 101 Å². The zero-order chi connectivity index (χ0) is 42.1. The highest BCUT2D eigenvalue weighted by Gasteiger charge is 2.38. The van der Waals surface area contributed by atoms with E-state index in [4.69, 9.17) is 0 Å². The first kappa shape index (κ1) is 41.6. The van der Waals surface area contributed by atoms with Crippen LogP contribution in [0.4, 0.5) is 48.5 Å². The number of hydrogen-bond acceptors (Lipinski definition) is 12. The molecule has 0 saturated carbocycles. The van der Waals surface area contributed by atoms with Crippen molar-refractivity contribution in [3.05, 3.63) is 77.7 Å². The molecular weight excluding hydrogens is 811 g/mol. The number of carbonyl (C=O) groups excluding carboxylic acids is 2. The van der Waals surface area contributed by atoms with Gasteiger partial charge < -0.3 is 25.9 Å². The fraction of sp³-hybridized carbons (Fsp3) is 0.417. The average molecular weight is 851 g/mol. The zero-order valence-corrected chi connectivity index (χ0v) is 32.3. The third kappa shape index (κ3) is 9.69. The molecule has 2 fully saturated rings. The fourth-order valence-electron chi connectivity index (χ4n) is 7.11. The number of hydrogen-bond donors (Lipinski definition) is 5. The molecule has 23 heteroatoms. The van der Waals surface area contributed by atoms with Gasteiger partial charge in [-0.05, 0) is 42.7 Å². The van der Waals surface area contributed by atoms with Crippen LogP contribution in [-0.2, 0) is 34.1 Å². The van der Waals surface area contributed by atoms with Crippen LogP contribution in [0.3, 0.4) is 0 Å². The molecule has 3 amide bonds. The lowest BCUT2D eigenvalue weighted by molar-refractivity contribution is -0.142. The number of hydrazine groups is 1. The summed E-state index contributed by atoms with van der Waals surface area (Å²) in [6.07, 6.45) is -6.88. The van der Waals surface area contributed by atoms with E-state index in [1.54, 1.807) is 17.0 Å². The number of urea groups is 1. The first-order valence-electron chi connectivity index (χ1n) is 18.5. The lowest BCUT2D eigenvalue weighted by Crippen LogP contribution is -2.53. The van der Waals surface area contributed by atoms with Crippen molar-refractivity contribution in [2.75, 3.05) is 55.4 Å². The third-order valence-corrected chi connectivity index (χ3v) is 11.9. The molecule has 0 aliphatic carbocycles. The number of fused-ring (bicyclic) bond motifs is 1. The second-order valence-electron chi connectivity index (χ2n) is 14.2. The summed E-state index contributed by atoms with van der Waals surface area (Å²) in [5.41, 5.74) is 4.50. The van der Waals surface area contributed by atoms with Gasteiger partial charge in [-0.3, -0.25) is 14.8 Å². The predicted molar refractivity (Wildman–Crippen MR) is 202 cm³/mol. The van der Waals surface area contributed by atoms with Crippen molar-refractivity contribution in [1.82, 2.24) is 45.0 Å². The van der Waals surface area contributed by atoms with Crippen molar-refractivity contribution >= 4 is 39.3 Å². The van der Waals surface area contributed by atoms with Gasteiger partial charge in [0.15, 0.2) is 0 Å². The molecule has 2 aromatic heterocycles. The highest BCUT2D eigenvalue weighted by molar-refractivity contribution is 7.89. The van der Waals surface area contributed by atoms with E-state index in [2.05, 4.69) is 41.8 Å². The van der Waals surface area contributed by atoms with Crippen molar-refractivity contribution < 1.29 is 44.3 Å². The van der Waals surface area contributed by atoms with Crippen molar-refractivity contribution in [3.8, 4) is 11.3 Å². The number of alkyl halides is 6. The van der Waals surface area contributed by atoms with Crippen molar-refractivity contribution in [3.63, 3.8) is 0 Å². The Balaban J connectivity index is 0.896. The molecule has 5 N–H and O–H groups in total. The number of imide groups is 1. The van der Waals surface area contributed by atoms with Crippen molar-refractivity contribution in [2.24, 2.45) is 0 Å². The second kappa shape index (κ2) is 16.6. The van der Waals surface area contributed by atoms with Gasteiger partial charge in [-0.1, -0.05) is 18.2 Å². The summed E-state index contributed by atoms with van der Waals surface area (Å²) in [4.78, 5) is 33.5. The van der Waals surface area contributed by atoms with Gasteiger partial charge >= 0.3 is 18.4 Å². The Morgan fingerprint density at radius 3 is 2.47 bits per heavy atom. The Hall–Kier alpha value is -5.52. The fourth-order valence-corrected chi connectivity index (χ4v) is 8.65. The standard InChI is InChI=1S/C36H40F6N12O4S/c1-51-29-16-25(5-6-27(29)32(50-51)54-14-9-30(55)48-34(54)56)44-11-10-43-17-22-3-2-4-26(15-22)59(57,58)53-12-7-24(8-13-53)47-33-45-19-28(36(40,41)42)31(49-33)23-18-46-52(20-23)21-35(37,38)39/h2-6,15-16,18-20,24,32,43-44,50H,7-14,17,21H2,1H3,(H,45,47,49)(H,48,55,56). The van der Waals surface area contributed by atoms with Crippen molar-refractivity contribution in [2.45, 2.75) is 61.8 Å². The number of nitrogens with one attached hydrogen (secondary N) is 5. The summed E-state index contributed by atoms with van der Waals surface area (Å²) in [6, 6.07) is 11.6. The molecule has 5 heterocycles. The molecule has 4 aromatic rings. The number of anilines is 3. The van der Waals surface area contributed by atoms with Gasteiger partial charge in [0.05, 0.1) is 22.5 Å². The maximum atomic E-state index is 13.8. The molecule has 0 spiro atoms. The Bertz CT molecular complexity index is 2300. The van der Waals surface area contributed by atoms with Crippen molar-refractivity contribution in [1.29, 1.82) is 0 Å². The van der Waals surface area contributed by atoms with Crippen LogP contribution in [0.25, 0.3) is 11.3 Å². The molecule has 1 atom stereocenters. The van der Waals surface area contributed by atoms with Crippen LogP contribution in [0.15, 0.2) is 66.0 Å². The van der Waals surface area contributed by atoms with Gasteiger partial charge in [0.1, 0.15) is 18.3 Å². The summed E-state index contributed by atoms with van der Waals surface area (Å²) in [5, 5.41) is 17.3. The molecule has 2 saturated heterocycles. The van der Waals surface area contributed by atoms with E-state index in [0.717, 1.165) is 34.9 Å². The molecule has 0 radical (unpaired) electrons. The van der Waals surface area contributed by atoms with Gasteiger partial charge in [0.2, 0.25) is 21.9 Å². The Morgan fingerprint density at radius 1 is 0.966 bits per heavy atom. The SMILES string of the molecule is CN1NC(N2CCC(=O)NC2=O)c2ccc(NCCNCc3cccc(S(=O)(=O)N4CCC(Nc5ncc(C(F)(F)F)c(-c6cnn(CC(F)(F)F)c6)n5)CC4)c3)cc21. The minimum absolute atomic E-state index is 0.107. The van der Waals surface area contributed by atoms with E-state index in [-0.39, 0.29) is 54.7 Å². The number of sulfonamides is 1. The van der Waals surface area contributed by atoms with Crippen LogP contribution < -0.4 is 31.7 Å². The predicted octanol–water partition coefficient (Wildman–Crippen LogP) is 4.28. The monoisotopic (exact) mass is 850 g/mol. The minimum atomic E-state index is -4.89. The Kier molecular flexibility index (Phi) is 11.7. The number of benzene rings is 2. The van der Waals surface area contributed by atoms with E-state index in [1.807, 2.05) is 36.3 Å². The quantitative estimate of drug-likeness (QED) is 0.0954. The van der Waals surface area contributed by atoms with E-state index in [9.17, 15) is 44.3 Å². The van der Waals surface area contributed by atoms with E-state index in [1.165, 1.54) is 10.4 Å². The number of carbonyl (C=O) groups is 2. The minimum Gasteiger partial charge on any atom is -0.384 e. The first-order valence-corrected chi connectivity index (χ1v) is 20.0. The second-order valence-corrected chi connectivity index (χ2v) is 16.2. The summed E-state index contributed by atoms with van der Waals surface area (Å²) < 4.78 is 109. The van der Waals surface area contributed by atoms with Gasteiger partial charge in [-0.15, -0.1) is 0 Å². The Labute approximate surface area is 334 Å². The molecule has 316 valence electrons. The molecule has 3 aliphatic heterocycles. The zero-order valence-electron chi connectivity index (χ0n) is 31.4. The third-order valence-electron chi connectivity index (χ3n) is 10.0. The number of piperidine rings is 1. The molecular formula is C36H40F6N12O4S. The molecule has 16 nitrogen and oxygen atoms in total. The van der Waals surface area contributed by atoms with Gasteiger partial charge in [0, 0.05) is 88.0 Å². The number of aromatic nitrogens is 4. The van der Waals surface area contributed by atoms with E-state index < -0.39 is 58.4 Å². The lowest BCUT2D eigenvalue weighted by Gasteiger charge is -2.32. The van der Waals surface area contributed by atoms with Crippen LogP contribution in [0, 0.1) is 0 Å². The summed E-state index contributed by atoms with van der Waals surface area (Å²) in [5.74, 6) is -0.488.